The quantitative estimate of drug-likeness (QED) is 0.355. The van der Waals surface area contributed by atoms with Gasteiger partial charge in [0.15, 0.2) is 0 Å². The van der Waals surface area contributed by atoms with E-state index in [9.17, 15) is 4.79 Å². The van der Waals surface area contributed by atoms with Gasteiger partial charge >= 0.3 is 5.97 Å². The number of hydrogen-bond acceptors (Lipinski definition) is 2. The van der Waals surface area contributed by atoms with Gasteiger partial charge in [0.05, 0.1) is 5.02 Å². The third kappa shape index (κ3) is 2.67. The van der Waals surface area contributed by atoms with Crippen LogP contribution in [0.4, 0.5) is 0 Å². The number of benzene rings is 3. The van der Waals surface area contributed by atoms with Crippen molar-refractivity contribution in [1.82, 2.24) is 4.57 Å². The molecule has 0 saturated heterocycles. The Bertz CT molecular complexity index is 1030. The van der Waals surface area contributed by atoms with Gasteiger partial charge in [0, 0.05) is 21.8 Å². The van der Waals surface area contributed by atoms with Crippen LogP contribution in [-0.4, -0.2) is 10.5 Å². The van der Waals surface area contributed by atoms with Crippen molar-refractivity contribution >= 4 is 39.4 Å². The molecule has 3 aromatic carbocycles. The van der Waals surface area contributed by atoms with Crippen LogP contribution in [0.2, 0.25) is 5.02 Å². The Morgan fingerprint density at radius 2 is 1.40 bits per heavy atom. The summed E-state index contributed by atoms with van der Waals surface area (Å²) in [6.07, 6.45) is 0. The summed E-state index contributed by atoms with van der Waals surface area (Å²) < 4.78 is 7.55. The number of carbonyl (C=O) groups excluding carboxylic acids is 1. The molecule has 0 aliphatic heterocycles. The minimum absolute atomic E-state index is 0.348. The van der Waals surface area contributed by atoms with Crippen LogP contribution in [0, 0.1) is 0 Å². The van der Waals surface area contributed by atoms with Crippen LogP contribution in [0.25, 0.3) is 21.8 Å². The molecule has 124 valence electrons. The standard InChI is InChI=1S/C21H16ClNO2/c1-14(21(24)25-20-13-7-4-10-17(20)22)23-18-11-5-2-8-15(18)16-9-3-6-12-19(16)23/h2-14H,1H3. The molecule has 0 saturated carbocycles. The molecule has 0 spiro atoms. The number of esters is 1. The fourth-order valence-electron chi connectivity index (χ4n) is 3.20. The van der Waals surface area contributed by atoms with Gasteiger partial charge in [-0.25, -0.2) is 4.79 Å². The van der Waals surface area contributed by atoms with Crippen LogP contribution < -0.4 is 4.74 Å². The number of ether oxygens (including phenoxy) is 1. The molecule has 0 fully saturated rings. The summed E-state index contributed by atoms with van der Waals surface area (Å²) in [7, 11) is 0. The summed E-state index contributed by atoms with van der Waals surface area (Å²) in [6.45, 7) is 1.85. The third-order valence-electron chi connectivity index (χ3n) is 4.39. The number of halogens is 1. The van der Waals surface area contributed by atoms with Crippen molar-refractivity contribution < 1.29 is 9.53 Å². The van der Waals surface area contributed by atoms with Gasteiger partial charge in [0.25, 0.3) is 0 Å². The normalized spacial score (nSPS) is 12.4. The van der Waals surface area contributed by atoms with E-state index in [1.54, 1.807) is 24.3 Å². The summed E-state index contributed by atoms with van der Waals surface area (Å²) in [5.74, 6) is 0.0291. The summed E-state index contributed by atoms with van der Waals surface area (Å²) >= 11 is 6.10. The first-order valence-electron chi connectivity index (χ1n) is 8.10. The van der Waals surface area contributed by atoms with Gasteiger partial charge < -0.3 is 9.30 Å². The van der Waals surface area contributed by atoms with Gasteiger partial charge in [-0.2, -0.15) is 0 Å². The highest BCUT2D eigenvalue weighted by molar-refractivity contribution is 6.32. The zero-order chi connectivity index (χ0) is 17.4. The topological polar surface area (TPSA) is 31.2 Å². The predicted octanol–water partition coefficient (Wildman–Crippen LogP) is 5.61. The molecule has 1 heterocycles. The minimum atomic E-state index is -0.485. The molecule has 0 radical (unpaired) electrons. The van der Waals surface area contributed by atoms with Crippen molar-refractivity contribution in [3.8, 4) is 5.75 Å². The molecule has 0 bridgehead atoms. The highest BCUT2D eigenvalue weighted by atomic mass is 35.5. The first-order chi connectivity index (χ1) is 12.2. The summed E-state index contributed by atoms with van der Waals surface area (Å²) in [5.41, 5.74) is 2.01. The van der Waals surface area contributed by atoms with E-state index in [4.69, 9.17) is 16.3 Å². The average molecular weight is 350 g/mol. The van der Waals surface area contributed by atoms with Gasteiger partial charge in [0.1, 0.15) is 11.8 Å². The Kier molecular flexibility index (Phi) is 3.94. The second-order valence-electron chi connectivity index (χ2n) is 5.93. The maximum Gasteiger partial charge on any atom is 0.334 e. The van der Waals surface area contributed by atoms with E-state index in [2.05, 4.69) is 12.1 Å². The largest absolute Gasteiger partial charge is 0.423 e. The van der Waals surface area contributed by atoms with Crippen molar-refractivity contribution in [2.24, 2.45) is 0 Å². The number of hydrogen-bond donors (Lipinski definition) is 0. The van der Waals surface area contributed by atoms with Gasteiger partial charge in [-0.3, -0.25) is 0 Å². The molecule has 4 rings (SSSR count). The molecule has 4 aromatic rings. The van der Waals surface area contributed by atoms with Crippen LogP contribution in [0.5, 0.6) is 5.75 Å². The number of aromatic nitrogens is 1. The van der Waals surface area contributed by atoms with E-state index in [1.807, 2.05) is 47.9 Å². The summed E-state index contributed by atoms with van der Waals surface area (Å²) in [6, 6.07) is 22.7. The minimum Gasteiger partial charge on any atom is -0.423 e. The second-order valence-corrected chi connectivity index (χ2v) is 6.34. The van der Waals surface area contributed by atoms with Gasteiger partial charge in [-0.15, -0.1) is 0 Å². The van der Waals surface area contributed by atoms with E-state index in [0.717, 1.165) is 21.8 Å². The molecular weight excluding hydrogens is 334 g/mol. The van der Waals surface area contributed by atoms with Gasteiger partial charge in [0.2, 0.25) is 0 Å². The van der Waals surface area contributed by atoms with Crippen molar-refractivity contribution in [2.75, 3.05) is 0 Å². The van der Waals surface area contributed by atoms with E-state index in [1.165, 1.54) is 0 Å². The first kappa shape index (κ1) is 15.7. The van der Waals surface area contributed by atoms with E-state index in [0.29, 0.717) is 10.8 Å². The molecule has 0 aliphatic carbocycles. The number of nitrogens with zero attached hydrogens (tertiary/aromatic N) is 1. The Morgan fingerprint density at radius 1 is 0.880 bits per heavy atom. The molecule has 1 atom stereocenters. The highest BCUT2D eigenvalue weighted by Crippen LogP contribution is 2.32. The van der Waals surface area contributed by atoms with Crippen LogP contribution in [0.15, 0.2) is 72.8 Å². The Labute approximate surface area is 150 Å². The second kappa shape index (κ2) is 6.26. The van der Waals surface area contributed by atoms with Crippen LogP contribution in [-0.2, 0) is 4.79 Å². The van der Waals surface area contributed by atoms with Crippen molar-refractivity contribution in [3.05, 3.63) is 77.8 Å². The maximum absolute atomic E-state index is 12.7. The smallest absolute Gasteiger partial charge is 0.334 e. The number of carbonyl (C=O) groups is 1. The fourth-order valence-corrected chi connectivity index (χ4v) is 3.37. The lowest BCUT2D eigenvalue weighted by atomic mass is 10.2. The predicted molar refractivity (Wildman–Crippen MR) is 101 cm³/mol. The Morgan fingerprint density at radius 3 is 2.00 bits per heavy atom. The molecule has 4 heteroatoms. The molecular formula is C21H16ClNO2. The first-order valence-corrected chi connectivity index (χ1v) is 8.48. The molecule has 25 heavy (non-hydrogen) atoms. The van der Waals surface area contributed by atoms with E-state index < -0.39 is 6.04 Å². The Hall–Kier alpha value is -2.78. The van der Waals surface area contributed by atoms with Gasteiger partial charge in [-0.1, -0.05) is 60.1 Å². The highest BCUT2D eigenvalue weighted by Gasteiger charge is 2.22. The molecule has 3 nitrogen and oxygen atoms in total. The zero-order valence-corrected chi connectivity index (χ0v) is 14.4. The van der Waals surface area contributed by atoms with E-state index >= 15 is 0 Å². The molecule has 1 aromatic heterocycles. The molecule has 0 N–H and O–H groups in total. The van der Waals surface area contributed by atoms with Crippen molar-refractivity contribution in [3.63, 3.8) is 0 Å². The monoisotopic (exact) mass is 349 g/mol. The number of para-hydroxylation sites is 3. The van der Waals surface area contributed by atoms with Gasteiger partial charge in [-0.05, 0) is 31.2 Å². The summed E-state index contributed by atoms with van der Waals surface area (Å²) in [4.78, 5) is 12.7. The molecule has 0 amide bonds. The molecule has 1 unspecified atom stereocenters. The lowest BCUT2D eigenvalue weighted by Gasteiger charge is -2.16. The van der Waals surface area contributed by atoms with Crippen molar-refractivity contribution in [1.29, 1.82) is 0 Å². The van der Waals surface area contributed by atoms with E-state index in [-0.39, 0.29) is 5.97 Å². The number of fused-ring (bicyclic) bond motifs is 3. The van der Waals surface area contributed by atoms with Crippen LogP contribution >= 0.6 is 11.6 Å². The fraction of sp³-hybridized carbons (Fsp3) is 0.0952. The lowest BCUT2D eigenvalue weighted by molar-refractivity contribution is -0.137. The Balaban J connectivity index is 1.80. The lowest BCUT2D eigenvalue weighted by Crippen LogP contribution is -2.21. The average Bonchev–Trinajstić information content (AvgIpc) is 2.97. The summed E-state index contributed by atoms with van der Waals surface area (Å²) in [5, 5.41) is 2.66. The van der Waals surface area contributed by atoms with Crippen LogP contribution in [0.1, 0.15) is 13.0 Å². The molecule has 0 aliphatic rings. The zero-order valence-electron chi connectivity index (χ0n) is 13.6. The van der Waals surface area contributed by atoms with Crippen LogP contribution in [0.3, 0.4) is 0 Å². The number of rotatable bonds is 3. The maximum atomic E-state index is 12.7. The van der Waals surface area contributed by atoms with Crippen molar-refractivity contribution in [2.45, 2.75) is 13.0 Å². The SMILES string of the molecule is CC(C(=O)Oc1ccccc1Cl)n1c2ccccc2c2ccccc21. The third-order valence-corrected chi connectivity index (χ3v) is 4.71.